The third kappa shape index (κ3) is 6.79. The quantitative estimate of drug-likeness (QED) is 0.538. The minimum atomic E-state index is -3.64. The maximum absolute atomic E-state index is 12.3. The van der Waals surface area contributed by atoms with Crippen LogP contribution in [0.15, 0.2) is 47.4 Å². The van der Waals surface area contributed by atoms with Gasteiger partial charge in [-0.2, -0.15) is 0 Å². The number of sulfonamides is 1. The SMILES string of the molecule is COC(=O)c1cc(NC(=O)COc2ccc(S(=O)(=O)NC(C)C)cc2)cc(C(=O)OC)c1. The lowest BCUT2D eigenvalue weighted by atomic mass is 10.1. The number of ether oxygens (including phenoxy) is 3. The molecular weight excluding hydrogens is 440 g/mol. The van der Waals surface area contributed by atoms with E-state index in [1.807, 2.05) is 0 Å². The number of hydrogen-bond acceptors (Lipinski definition) is 8. The van der Waals surface area contributed by atoms with Gasteiger partial charge in [-0.1, -0.05) is 0 Å². The van der Waals surface area contributed by atoms with Crippen LogP contribution in [0.5, 0.6) is 5.75 Å². The lowest BCUT2D eigenvalue weighted by Crippen LogP contribution is -2.30. The molecule has 2 aromatic rings. The number of amides is 1. The highest BCUT2D eigenvalue weighted by molar-refractivity contribution is 7.89. The highest BCUT2D eigenvalue weighted by Gasteiger charge is 2.17. The maximum atomic E-state index is 12.3. The standard InChI is InChI=1S/C21H24N2O8S/c1-13(2)23-32(27,28)18-7-5-17(6-8-18)31-12-19(24)22-16-10-14(20(25)29-3)9-15(11-16)21(26)30-4/h5-11,13,23H,12H2,1-4H3,(H,22,24). The van der Waals surface area contributed by atoms with E-state index in [0.717, 1.165) is 0 Å². The van der Waals surface area contributed by atoms with Crippen LogP contribution in [0.25, 0.3) is 0 Å². The van der Waals surface area contributed by atoms with Crippen molar-refractivity contribution >= 4 is 33.6 Å². The van der Waals surface area contributed by atoms with E-state index in [4.69, 9.17) is 4.74 Å². The van der Waals surface area contributed by atoms with E-state index in [9.17, 15) is 22.8 Å². The van der Waals surface area contributed by atoms with Crippen molar-refractivity contribution in [3.05, 3.63) is 53.6 Å². The summed E-state index contributed by atoms with van der Waals surface area (Å²) in [4.78, 5) is 36.0. The third-order valence-electron chi connectivity index (χ3n) is 3.95. The van der Waals surface area contributed by atoms with Gasteiger partial charge >= 0.3 is 11.9 Å². The Morgan fingerprint density at radius 1 is 0.906 bits per heavy atom. The van der Waals surface area contributed by atoms with Gasteiger partial charge in [-0.3, -0.25) is 4.79 Å². The summed E-state index contributed by atoms with van der Waals surface area (Å²) in [6, 6.07) is 9.30. The van der Waals surface area contributed by atoms with Crippen LogP contribution in [0.3, 0.4) is 0 Å². The number of carbonyl (C=O) groups excluding carboxylic acids is 3. The van der Waals surface area contributed by atoms with E-state index >= 15 is 0 Å². The van der Waals surface area contributed by atoms with Crippen LogP contribution in [-0.4, -0.2) is 53.1 Å². The topological polar surface area (TPSA) is 137 Å². The first-order chi connectivity index (χ1) is 15.1. The lowest BCUT2D eigenvalue weighted by Gasteiger charge is -2.11. The zero-order valence-corrected chi connectivity index (χ0v) is 18.8. The molecule has 1 amide bonds. The molecule has 0 fully saturated rings. The van der Waals surface area contributed by atoms with Crippen LogP contribution in [0.2, 0.25) is 0 Å². The number of methoxy groups -OCH3 is 2. The van der Waals surface area contributed by atoms with Gasteiger partial charge in [-0.15, -0.1) is 0 Å². The van der Waals surface area contributed by atoms with Gasteiger partial charge in [0, 0.05) is 11.7 Å². The normalized spacial score (nSPS) is 11.0. The van der Waals surface area contributed by atoms with Gasteiger partial charge in [-0.05, 0) is 56.3 Å². The Kier molecular flexibility index (Phi) is 8.33. The summed E-state index contributed by atoms with van der Waals surface area (Å²) in [5, 5.41) is 2.52. The van der Waals surface area contributed by atoms with Crippen molar-refractivity contribution in [2.75, 3.05) is 26.1 Å². The van der Waals surface area contributed by atoms with Crippen molar-refractivity contribution in [3.8, 4) is 5.75 Å². The van der Waals surface area contributed by atoms with Crippen molar-refractivity contribution in [2.24, 2.45) is 0 Å². The number of hydrogen-bond donors (Lipinski definition) is 2. The first kappa shape index (κ1) is 24.8. The lowest BCUT2D eigenvalue weighted by molar-refractivity contribution is -0.118. The van der Waals surface area contributed by atoms with E-state index in [1.54, 1.807) is 13.8 Å². The number of carbonyl (C=O) groups is 3. The molecule has 0 aliphatic carbocycles. The molecule has 32 heavy (non-hydrogen) atoms. The predicted octanol–water partition coefficient (Wildman–Crippen LogP) is 1.96. The number of esters is 2. The van der Waals surface area contributed by atoms with Gasteiger partial charge in [-0.25, -0.2) is 22.7 Å². The maximum Gasteiger partial charge on any atom is 0.337 e. The smallest absolute Gasteiger partial charge is 0.337 e. The zero-order valence-electron chi connectivity index (χ0n) is 18.0. The van der Waals surface area contributed by atoms with Crippen LogP contribution in [0.4, 0.5) is 5.69 Å². The summed E-state index contributed by atoms with van der Waals surface area (Å²) in [6.45, 7) is 3.03. The molecule has 0 unspecified atom stereocenters. The molecule has 2 rings (SSSR count). The van der Waals surface area contributed by atoms with Crippen molar-refractivity contribution in [1.29, 1.82) is 0 Å². The molecule has 0 heterocycles. The second-order valence-electron chi connectivity index (χ2n) is 6.87. The van der Waals surface area contributed by atoms with Gasteiger partial charge in [0.1, 0.15) is 5.75 Å². The average Bonchev–Trinajstić information content (AvgIpc) is 2.75. The molecular formula is C21H24N2O8S. The number of anilines is 1. The van der Waals surface area contributed by atoms with Crippen LogP contribution in [-0.2, 0) is 24.3 Å². The van der Waals surface area contributed by atoms with Crippen molar-refractivity contribution in [1.82, 2.24) is 4.72 Å². The molecule has 10 nitrogen and oxygen atoms in total. The summed E-state index contributed by atoms with van der Waals surface area (Å²) in [5.74, 6) is -1.67. The van der Waals surface area contributed by atoms with Crippen molar-refractivity contribution < 1.29 is 37.0 Å². The molecule has 0 radical (unpaired) electrons. The van der Waals surface area contributed by atoms with E-state index in [0.29, 0.717) is 0 Å². The minimum Gasteiger partial charge on any atom is -0.484 e. The highest BCUT2D eigenvalue weighted by atomic mass is 32.2. The van der Waals surface area contributed by atoms with E-state index in [1.165, 1.54) is 56.7 Å². The minimum absolute atomic E-state index is 0.0541. The van der Waals surface area contributed by atoms with E-state index < -0.39 is 34.5 Å². The van der Waals surface area contributed by atoms with E-state index in [2.05, 4.69) is 19.5 Å². The second kappa shape index (κ2) is 10.7. The first-order valence-electron chi connectivity index (χ1n) is 9.42. The number of benzene rings is 2. The molecule has 2 N–H and O–H groups in total. The Labute approximate surface area is 185 Å². The van der Waals surface area contributed by atoms with Gasteiger partial charge in [0.2, 0.25) is 10.0 Å². The number of nitrogens with one attached hydrogen (secondary N) is 2. The zero-order chi connectivity index (χ0) is 23.9. The molecule has 0 bridgehead atoms. The molecule has 11 heteroatoms. The van der Waals surface area contributed by atoms with Crippen molar-refractivity contribution in [2.45, 2.75) is 24.8 Å². The van der Waals surface area contributed by atoms with Gasteiger partial charge in [0.25, 0.3) is 5.91 Å². The predicted molar refractivity (Wildman–Crippen MR) is 115 cm³/mol. The Bertz CT molecular complexity index is 1060. The fraction of sp³-hybridized carbons (Fsp3) is 0.286. The van der Waals surface area contributed by atoms with Gasteiger partial charge < -0.3 is 19.5 Å². The van der Waals surface area contributed by atoms with Gasteiger partial charge in [0.05, 0.1) is 30.2 Å². The molecule has 172 valence electrons. The summed E-state index contributed by atoms with van der Waals surface area (Å²) in [5.41, 5.74) is 0.278. The number of rotatable bonds is 9. The molecule has 0 saturated heterocycles. The second-order valence-corrected chi connectivity index (χ2v) is 8.58. The monoisotopic (exact) mass is 464 g/mol. The van der Waals surface area contributed by atoms with E-state index in [-0.39, 0.29) is 33.5 Å². The van der Waals surface area contributed by atoms with Crippen molar-refractivity contribution in [3.63, 3.8) is 0 Å². The average molecular weight is 464 g/mol. The van der Waals surface area contributed by atoms with Gasteiger partial charge in [0.15, 0.2) is 6.61 Å². The Morgan fingerprint density at radius 3 is 1.91 bits per heavy atom. The largest absolute Gasteiger partial charge is 0.484 e. The van der Waals surface area contributed by atoms with Crippen LogP contribution in [0.1, 0.15) is 34.6 Å². The van der Waals surface area contributed by atoms with Crippen LogP contribution >= 0.6 is 0 Å². The van der Waals surface area contributed by atoms with Crippen LogP contribution < -0.4 is 14.8 Å². The summed E-state index contributed by atoms with van der Waals surface area (Å²) in [6.07, 6.45) is 0. The fourth-order valence-corrected chi connectivity index (χ4v) is 3.86. The highest BCUT2D eigenvalue weighted by Crippen LogP contribution is 2.18. The molecule has 0 saturated carbocycles. The molecule has 0 aliphatic rings. The third-order valence-corrected chi connectivity index (χ3v) is 5.63. The first-order valence-corrected chi connectivity index (χ1v) is 10.9. The Hall–Kier alpha value is -3.44. The summed E-state index contributed by atoms with van der Waals surface area (Å²) >= 11 is 0. The molecule has 0 aliphatic heterocycles. The Balaban J connectivity index is 2.06. The molecule has 0 aromatic heterocycles. The summed E-state index contributed by atoms with van der Waals surface area (Å²) < 4.78 is 41.4. The van der Waals surface area contributed by atoms with Crippen LogP contribution in [0, 0.1) is 0 Å². The molecule has 2 aromatic carbocycles. The Morgan fingerprint density at radius 2 is 1.44 bits per heavy atom. The molecule has 0 spiro atoms. The summed E-state index contributed by atoms with van der Waals surface area (Å²) in [7, 11) is -1.26. The fourth-order valence-electron chi connectivity index (χ4n) is 2.61. The molecule has 0 atom stereocenters.